The Hall–Kier alpha value is 0.0969. The van der Waals surface area contributed by atoms with Crippen molar-refractivity contribution in [2.75, 3.05) is 26.7 Å². The fraction of sp³-hybridized carbons (Fsp3) is 1.00. The van der Waals surface area contributed by atoms with Gasteiger partial charge < -0.3 is 14.7 Å². The van der Waals surface area contributed by atoms with E-state index in [1.165, 1.54) is 51.2 Å². The molecule has 0 aromatic carbocycles. The van der Waals surface area contributed by atoms with Crippen molar-refractivity contribution >= 4 is 9.20 Å². The summed E-state index contributed by atoms with van der Waals surface area (Å²) >= 11 is 0. The smallest absolute Gasteiger partial charge is 0.254 e. The van der Waals surface area contributed by atoms with Gasteiger partial charge in [-0.15, -0.1) is 0 Å². The van der Waals surface area contributed by atoms with Gasteiger partial charge in [-0.2, -0.15) is 0 Å². The molecular weight excluding hydrogens is 192 g/mol. The molecule has 1 atom stereocenters. The Morgan fingerprint density at radius 3 is 2.79 bits per heavy atom. The second-order valence-corrected chi connectivity index (χ2v) is 6.76. The van der Waals surface area contributed by atoms with Gasteiger partial charge in [0.15, 0.2) is 0 Å². The summed E-state index contributed by atoms with van der Waals surface area (Å²) in [4.78, 5) is 0. The average molecular weight is 216 g/mol. The van der Waals surface area contributed by atoms with Crippen LogP contribution in [0.1, 0.15) is 32.1 Å². The normalized spacial score (nSPS) is 23.1. The van der Waals surface area contributed by atoms with Crippen LogP contribution in [-0.2, 0) is 4.43 Å². The molecule has 1 saturated heterocycles. The van der Waals surface area contributed by atoms with Gasteiger partial charge in [0.2, 0.25) is 0 Å². The Morgan fingerprint density at radius 1 is 1.29 bits per heavy atom. The topological polar surface area (TPSA) is 38.5 Å². The Kier molecular flexibility index (Phi) is 6.43. The highest BCUT2D eigenvalue weighted by atomic mass is 28.3. The maximum Gasteiger partial charge on any atom is 0.254 e. The van der Waals surface area contributed by atoms with E-state index in [0.717, 1.165) is 6.54 Å². The molecule has 1 aliphatic rings. The van der Waals surface area contributed by atoms with Crippen molar-refractivity contribution in [1.29, 1.82) is 0 Å². The molecule has 1 unspecified atom stereocenters. The summed E-state index contributed by atoms with van der Waals surface area (Å²) in [6.45, 7) is 3.38. The summed E-state index contributed by atoms with van der Waals surface area (Å²) in [7, 11) is 0.953. The van der Waals surface area contributed by atoms with Crippen LogP contribution in [0.15, 0.2) is 0 Å². The molecule has 0 bridgehead atoms. The monoisotopic (exact) mass is 216 g/mol. The third-order valence-corrected chi connectivity index (χ3v) is 5.75. The summed E-state index contributed by atoms with van der Waals surface area (Å²) in [5, 5.41) is 0. The predicted molar refractivity (Wildman–Crippen MR) is 62.7 cm³/mol. The van der Waals surface area contributed by atoms with Gasteiger partial charge >= 0.3 is 0 Å². The molecule has 3 nitrogen and oxygen atoms in total. The maximum absolute atomic E-state index is 5.55. The second-order valence-electron chi connectivity index (χ2n) is 4.07. The van der Waals surface area contributed by atoms with Gasteiger partial charge in [-0.3, -0.25) is 0 Å². The molecule has 0 amide bonds. The Balaban J connectivity index is 2.00. The lowest BCUT2D eigenvalue weighted by Gasteiger charge is -2.21. The highest BCUT2D eigenvalue weighted by molar-refractivity contribution is 6.49. The zero-order chi connectivity index (χ0) is 10.2. The van der Waals surface area contributed by atoms with Gasteiger partial charge in [0, 0.05) is 7.11 Å². The minimum Gasteiger partial charge on any atom is -0.409 e. The van der Waals surface area contributed by atoms with E-state index in [-0.39, 0.29) is 0 Å². The van der Waals surface area contributed by atoms with Gasteiger partial charge in [0.25, 0.3) is 9.20 Å². The fourth-order valence-corrected chi connectivity index (χ4v) is 4.50. The van der Waals surface area contributed by atoms with Crippen molar-refractivity contribution in [2.45, 2.75) is 38.1 Å². The second kappa shape index (κ2) is 7.40. The molecule has 0 saturated carbocycles. The Bertz CT molecular complexity index is 146. The van der Waals surface area contributed by atoms with Crippen LogP contribution in [-0.4, -0.2) is 40.5 Å². The van der Waals surface area contributed by atoms with E-state index in [1.807, 2.05) is 7.11 Å². The first kappa shape index (κ1) is 12.2. The first-order chi connectivity index (χ1) is 6.88. The lowest BCUT2D eigenvalue weighted by Crippen LogP contribution is -2.36. The summed E-state index contributed by atoms with van der Waals surface area (Å²) < 4.78 is 8.15. The standard InChI is InChI=1S/C10H24N2OSi/c1-13-14-10-6-9-12(14)8-5-3-2-4-7-11/h14H,2-11H2,1H3. The first-order valence-corrected chi connectivity index (χ1v) is 7.66. The third kappa shape index (κ3) is 4.08. The summed E-state index contributed by atoms with van der Waals surface area (Å²) in [5.74, 6) is 0. The molecule has 0 aliphatic carbocycles. The molecule has 1 rings (SSSR count). The van der Waals surface area contributed by atoms with Gasteiger partial charge in [0.1, 0.15) is 0 Å². The zero-order valence-corrected chi connectivity index (χ0v) is 10.5. The average Bonchev–Trinajstić information content (AvgIpc) is 2.65. The molecule has 2 N–H and O–H groups in total. The van der Waals surface area contributed by atoms with E-state index < -0.39 is 9.20 Å². The molecule has 4 heteroatoms. The van der Waals surface area contributed by atoms with Gasteiger partial charge in [0.05, 0.1) is 0 Å². The van der Waals surface area contributed by atoms with Crippen LogP contribution in [0, 0.1) is 0 Å². The van der Waals surface area contributed by atoms with E-state index in [4.69, 9.17) is 10.2 Å². The van der Waals surface area contributed by atoms with Crippen molar-refractivity contribution in [1.82, 2.24) is 4.57 Å². The van der Waals surface area contributed by atoms with E-state index >= 15 is 0 Å². The number of nitrogens with two attached hydrogens (primary N) is 1. The summed E-state index contributed by atoms with van der Waals surface area (Å²) in [6.07, 6.45) is 6.49. The predicted octanol–water partition coefficient (Wildman–Crippen LogP) is 1.08. The van der Waals surface area contributed by atoms with E-state index in [0.29, 0.717) is 0 Å². The molecule has 1 fully saturated rings. The van der Waals surface area contributed by atoms with Crippen LogP contribution in [0.3, 0.4) is 0 Å². The van der Waals surface area contributed by atoms with E-state index in [1.54, 1.807) is 0 Å². The van der Waals surface area contributed by atoms with Crippen molar-refractivity contribution in [3.05, 3.63) is 0 Å². The molecule has 0 aromatic rings. The molecule has 14 heavy (non-hydrogen) atoms. The minimum absolute atomic E-state index is 0.846. The Morgan fingerprint density at radius 2 is 2.07 bits per heavy atom. The molecule has 1 aliphatic heterocycles. The zero-order valence-electron chi connectivity index (χ0n) is 9.37. The van der Waals surface area contributed by atoms with Gasteiger partial charge in [-0.1, -0.05) is 12.8 Å². The van der Waals surface area contributed by atoms with E-state index in [9.17, 15) is 0 Å². The van der Waals surface area contributed by atoms with E-state index in [2.05, 4.69) is 4.57 Å². The summed E-state index contributed by atoms with van der Waals surface area (Å²) in [6, 6.07) is 1.35. The van der Waals surface area contributed by atoms with Crippen LogP contribution in [0.5, 0.6) is 0 Å². The quantitative estimate of drug-likeness (QED) is 0.511. The third-order valence-electron chi connectivity index (χ3n) is 2.98. The molecule has 1 heterocycles. The molecule has 84 valence electrons. The first-order valence-electron chi connectivity index (χ1n) is 5.85. The number of hydrogen-bond acceptors (Lipinski definition) is 3. The summed E-state index contributed by atoms with van der Waals surface area (Å²) in [5.41, 5.74) is 5.45. The highest BCUT2D eigenvalue weighted by Crippen LogP contribution is 2.15. The number of rotatable bonds is 7. The lowest BCUT2D eigenvalue weighted by atomic mass is 10.2. The number of hydrogen-bond donors (Lipinski definition) is 1. The van der Waals surface area contributed by atoms with Crippen molar-refractivity contribution in [2.24, 2.45) is 5.73 Å². The van der Waals surface area contributed by atoms with Crippen LogP contribution >= 0.6 is 0 Å². The van der Waals surface area contributed by atoms with Crippen LogP contribution in [0.2, 0.25) is 6.04 Å². The number of nitrogens with zero attached hydrogens (tertiary/aromatic N) is 1. The molecule has 0 radical (unpaired) electrons. The Labute approximate surface area is 89.4 Å². The number of unbranched alkanes of at least 4 members (excludes halogenated alkanes) is 3. The fourth-order valence-electron chi connectivity index (χ4n) is 2.13. The van der Waals surface area contributed by atoms with Crippen LogP contribution in [0.4, 0.5) is 0 Å². The van der Waals surface area contributed by atoms with Gasteiger partial charge in [-0.05, 0) is 44.9 Å². The van der Waals surface area contributed by atoms with Crippen LogP contribution < -0.4 is 5.73 Å². The molecule has 0 aromatic heterocycles. The van der Waals surface area contributed by atoms with Gasteiger partial charge in [-0.25, -0.2) is 0 Å². The lowest BCUT2D eigenvalue weighted by molar-refractivity contribution is 0.334. The molecule has 0 spiro atoms. The van der Waals surface area contributed by atoms with Crippen molar-refractivity contribution < 1.29 is 4.43 Å². The molecular formula is C10H24N2OSi. The van der Waals surface area contributed by atoms with Crippen molar-refractivity contribution in [3.8, 4) is 0 Å². The highest BCUT2D eigenvalue weighted by Gasteiger charge is 2.25. The minimum atomic E-state index is -0.925. The largest absolute Gasteiger partial charge is 0.409 e. The maximum atomic E-state index is 5.55. The van der Waals surface area contributed by atoms with Crippen molar-refractivity contribution in [3.63, 3.8) is 0 Å². The van der Waals surface area contributed by atoms with Crippen LogP contribution in [0.25, 0.3) is 0 Å². The SMILES string of the molecule is CO[SiH]1CCCN1CCCCCCN.